The Hall–Kier alpha value is -8.28. The van der Waals surface area contributed by atoms with Gasteiger partial charge in [-0.15, -0.1) is 0 Å². The predicted molar refractivity (Wildman–Crippen MR) is 204 cm³/mol. The average molecular weight is 674 g/mol. The fraction of sp³-hybridized carbons (Fsp3) is 0. The van der Waals surface area contributed by atoms with Gasteiger partial charge in [0.25, 0.3) is 0 Å². The molecule has 0 N–H and O–H groups in total. The van der Waals surface area contributed by atoms with Crippen molar-refractivity contribution in [3.63, 3.8) is 0 Å². The Morgan fingerprint density at radius 1 is 0.396 bits per heavy atom. The van der Waals surface area contributed by atoms with E-state index < -0.39 is 0 Å². The maximum Gasteiger partial charge on any atom is 0.0998 e. The van der Waals surface area contributed by atoms with Crippen LogP contribution in [0.4, 0.5) is 0 Å². The lowest BCUT2D eigenvalue weighted by molar-refractivity contribution is 1.18. The second-order valence-corrected chi connectivity index (χ2v) is 12.4. The van der Waals surface area contributed by atoms with E-state index in [4.69, 9.17) is 0 Å². The number of hydrogen-bond donors (Lipinski definition) is 0. The molecule has 2 aromatic heterocycles. The number of rotatable bonds is 5. The first-order chi connectivity index (χ1) is 26.0. The molecule has 53 heavy (non-hydrogen) atoms. The molecule has 0 unspecified atom stereocenters. The first kappa shape index (κ1) is 32.0. The standard InChI is InChI=1S/C46H23N7/c47-24-29-6-10-38(35(18-29)26-49)33-8-12-44-42(20-33)43-21-34(39-11-7-30(25-48)19-36(39)27-50)9-13-45(43)53(44)46-22-37(28-51)40(32-14-16-52-17-15-32)23-41(46)31-4-2-1-3-5-31/h1-23H. The van der Waals surface area contributed by atoms with Gasteiger partial charge in [-0.2, -0.15) is 26.3 Å². The van der Waals surface area contributed by atoms with E-state index in [1.165, 1.54) is 0 Å². The van der Waals surface area contributed by atoms with Crippen molar-refractivity contribution >= 4 is 21.8 Å². The van der Waals surface area contributed by atoms with Crippen molar-refractivity contribution in [2.45, 2.75) is 0 Å². The van der Waals surface area contributed by atoms with E-state index in [9.17, 15) is 26.3 Å². The maximum atomic E-state index is 10.5. The van der Waals surface area contributed by atoms with Crippen LogP contribution in [0.5, 0.6) is 0 Å². The fourth-order valence-electron chi connectivity index (χ4n) is 7.02. The Labute approximate surface area is 305 Å². The van der Waals surface area contributed by atoms with Crippen molar-refractivity contribution in [1.82, 2.24) is 9.55 Å². The highest BCUT2D eigenvalue weighted by molar-refractivity contribution is 6.12. The summed E-state index contributed by atoms with van der Waals surface area (Å²) in [6, 6.07) is 51.2. The van der Waals surface area contributed by atoms with E-state index in [-0.39, 0.29) is 0 Å². The Bertz CT molecular complexity index is 2860. The van der Waals surface area contributed by atoms with Gasteiger partial charge in [0.15, 0.2) is 0 Å². The smallest absolute Gasteiger partial charge is 0.0998 e. The van der Waals surface area contributed by atoms with Crippen LogP contribution in [-0.2, 0) is 0 Å². The Morgan fingerprint density at radius 3 is 1.42 bits per heavy atom. The van der Waals surface area contributed by atoms with Gasteiger partial charge >= 0.3 is 0 Å². The molecule has 0 saturated carbocycles. The zero-order valence-electron chi connectivity index (χ0n) is 27.9. The second-order valence-electron chi connectivity index (χ2n) is 12.4. The molecular formula is C46H23N7. The van der Waals surface area contributed by atoms with E-state index in [1.807, 2.05) is 84.9 Å². The van der Waals surface area contributed by atoms with Crippen LogP contribution in [-0.4, -0.2) is 9.55 Å². The van der Waals surface area contributed by atoms with Crippen molar-refractivity contribution in [3.8, 4) is 80.5 Å². The maximum absolute atomic E-state index is 10.5. The van der Waals surface area contributed by atoms with Gasteiger partial charge in [-0.05, 0) is 106 Å². The molecule has 0 radical (unpaired) electrons. The van der Waals surface area contributed by atoms with Gasteiger partial charge in [-0.3, -0.25) is 4.98 Å². The molecule has 2 heterocycles. The van der Waals surface area contributed by atoms with Crippen LogP contribution >= 0.6 is 0 Å². The zero-order valence-corrected chi connectivity index (χ0v) is 27.9. The summed E-state index contributed by atoms with van der Waals surface area (Å²) in [6.07, 6.45) is 3.43. The van der Waals surface area contributed by atoms with Crippen molar-refractivity contribution in [2.24, 2.45) is 0 Å². The molecule has 6 aromatic carbocycles. The Kier molecular flexibility index (Phi) is 7.96. The number of fused-ring (bicyclic) bond motifs is 3. The minimum absolute atomic E-state index is 0.390. The highest BCUT2D eigenvalue weighted by Crippen LogP contribution is 2.42. The average Bonchev–Trinajstić information content (AvgIpc) is 3.55. The molecule has 7 heteroatoms. The van der Waals surface area contributed by atoms with Gasteiger partial charge in [0, 0.05) is 34.3 Å². The molecule has 0 aliphatic carbocycles. The second kappa shape index (κ2) is 13.2. The monoisotopic (exact) mass is 673 g/mol. The van der Waals surface area contributed by atoms with Crippen LogP contribution in [0.1, 0.15) is 27.8 Å². The highest BCUT2D eigenvalue weighted by Gasteiger charge is 2.21. The zero-order chi connectivity index (χ0) is 36.5. The van der Waals surface area contributed by atoms with Gasteiger partial charge in [0.2, 0.25) is 0 Å². The molecule has 0 saturated heterocycles. The number of nitrogens with zero attached hydrogens (tertiary/aromatic N) is 7. The molecule has 0 atom stereocenters. The number of nitriles is 5. The van der Waals surface area contributed by atoms with E-state index >= 15 is 0 Å². The molecule has 0 fully saturated rings. The third-order valence-corrected chi connectivity index (χ3v) is 9.50. The number of pyridine rings is 1. The van der Waals surface area contributed by atoms with E-state index in [2.05, 4.69) is 46.0 Å². The van der Waals surface area contributed by atoms with Crippen LogP contribution in [0.25, 0.3) is 72.0 Å². The van der Waals surface area contributed by atoms with E-state index in [1.54, 1.807) is 48.8 Å². The van der Waals surface area contributed by atoms with Crippen LogP contribution < -0.4 is 0 Å². The molecule has 0 spiro atoms. The minimum Gasteiger partial charge on any atom is -0.309 e. The summed E-state index contributed by atoms with van der Waals surface area (Å²) in [5.41, 5.74) is 11.2. The topological polar surface area (TPSA) is 137 Å². The first-order valence-corrected chi connectivity index (χ1v) is 16.6. The quantitative estimate of drug-likeness (QED) is 0.178. The summed E-state index contributed by atoms with van der Waals surface area (Å²) in [4.78, 5) is 4.18. The molecule has 7 nitrogen and oxygen atoms in total. The van der Waals surface area contributed by atoms with Crippen molar-refractivity contribution in [1.29, 1.82) is 26.3 Å². The van der Waals surface area contributed by atoms with Gasteiger partial charge in [-0.1, -0.05) is 54.6 Å². The molecule has 0 bridgehead atoms. The summed E-state index contributed by atoms with van der Waals surface area (Å²) in [6.45, 7) is 0. The number of hydrogen-bond acceptors (Lipinski definition) is 6. The Morgan fingerprint density at radius 2 is 0.906 bits per heavy atom. The molecule has 0 amide bonds. The summed E-state index contributed by atoms with van der Waals surface area (Å²) < 4.78 is 2.16. The van der Waals surface area contributed by atoms with Crippen LogP contribution in [0, 0.1) is 56.7 Å². The normalized spacial score (nSPS) is 10.5. The third kappa shape index (κ3) is 5.49. The predicted octanol–water partition coefficient (Wildman–Crippen LogP) is 10.2. The van der Waals surface area contributed by atoms with Crippen molar-refractivity contribution in [3.05, 3.63) is 168 Å². The molecule has 8 aromatic rings. The summed E-state index contributed by atoms with van der Waals surface area (Å²) >= 11 is 0. The Balaban J connectivity index is 1.47. The molecule has 8 rings (SSSR count). The SMILES string of the molecule is N#Cc1ccc(-c2ccc3c(c2)c2cc(-c4ccc(C#N)cc4C#N)ccc2n3-c2cc(C#N)c(-c3ccncc3)cc2-c2ccccc2)c(C#N)c1. The lowest BCUT2D eigenvalue weighted by Crippen LogP contribution is -2.00. The lowest BCUT2D eigenvalue weighted by atomic mass is 9.93. The van der Waals surface area contributed by atoms with Crippen molar-refractivity contribution < 1.29 is 0 Å². The van der Waals surface area contributed by atoms with Crippen LogP contribution in [0.15, 0.2) is 140 Å². The lowest BCUT2D eigenvalue weighted by Gasteiger charge is -2.17. The van der Waals surface area contributed by atoms with Gasteiger partial charge in [0.1, 0.15) is 0 Å². The van der Waals surface area contributed by atoms with E-state index in [0.29, 0.717) is 38.9 Å². The number of benzene rings is 6. The van der Waals surface area contributed by atoms with Crippen molar-refractivity contribution in [2.75, 3.05) is 0 Å². The molecule has 242 valence electrons. The van der Waals surface area contributed by atoms with Gasteiger partial charge in [0.05, 0.1) is 74.9 Å². The minimum atomic E-state index is 0.390. The van der Waals surface area contributed by atoms with Crippen LogP contribution in [0.3, 0.4) is 0 Å². The van der Waals surface area contributed by atoms with E-state index in [0.717, 1.165) is 60.9 Å². The molecule has 0 aliphatic heterocycles. The number of aromatic nitrogens is 2. The van der Waals surface area contributed by atoms with Gasteiger partial charge < -0.3 is 4.57 Å². The molecular weight excluding hydrogens is 651 g/mol. The summed E-state index contributed by atoms with van der Waals surface area (Å²) in [5, 5.41) is 51.3. The highest BCUT2D eigenvalue weighted by atomic mass is 15.0. The summed E-state index contributed by atoms with van der Waals surface area (Å²) in [7, 11) is 0. The van der Waals surface area contributed by atoms with Crippen LogP contribution in [0.2, 0.25) is 0 Å². The fourth-order valence-corrected chi connectivity index (χ4v) is 7.02. The molecule has 0 aliphatic rings. The third-order valence-electron chi connectivity index (χ3n) is 9.50. The first-order valence-electron chi connectivity index (χ1n) is 16.6. The summed E-state index contributed by atoms with van der Waals surface area (Å²) in [5.74, 6) is 0. The largest absolute Gasteiger partial charge is 0.309 e. The van der Waals surface area contributed by atoms with Gasteiger partial charge in [-0.25, -0.2) is 0 Å².